The Morgan fingerprint density at radius 1 is 1.21 bits per heavy atom. The average molecular weight is 317 g/mol. The van der Waals surface area contributed by atoms with Gasteiger partial charge in [-0.3, -0.25) is 0 Å². The van der Waals surface area contributed by atoms with Gasteiger partial charge in [-0.25, -0.2) is 0 Å². The van der Waals surface area contributed by atoms with Crippen LogP contribution in [-0.2, 0) is 6.54 Å². The van der Waals surface area contributed by atoms with Gasteiger partial charge in [0.05, 0.1) is 5.69 Å². The lowest BCUT2D eigenvalue weighted by Gasteiger charge is -2.09. The molecule has 0 bridgehead atoms. The molecule has 2 rings (SSSR count). The highest BCUT2D eigenvalue weighted by molar-refractivity contribution is 9.10. The van der Waals surface area contributed by atoms with Gasteiger partial charge in [-0.2, -0.15) is 10.4 Å². The summed E-state index contributed by atoms with van der Waals surface area (Å²) >= 11 is 3.40. The standard InChI is InChI=1S/C14H13BrN4/c1-9-10(2)18-19-14(13(9)7-16)17-8-11-3-5-12(15)6-4-11/h3-6H,8H2,1-2H3,(H,17,19). The predicted octanol–water partition coefficient (Wildman–Crippen LogP) is 3.34. The molecule has 19 heavy (non-hydrogen) atoms. The van der Waals surface area contributed by atoms with Gasteiger partial charge >= 0.3 is 0 Å². The van der Waals surface area contributed by atoms with Crippen molar-refractivity contribution < 1.29 is 0 Å². The Balaban J connectivity index is 2.18. The van der Waals surface area contributed by atoms with Crippen LogP contribution in [0.5, 0.6) is 0 Å². The molecule has 0 aliphatic heterocycles. The fraction of sp³-hybridized carbons (Fsp3) is 0.214. The Morgan fingerprint density at radius 3 is 2.53 bits per heavy atom. The van der Waals surface area contributed by atoms with Gasteiger partial charge in [-0.1, -0.05) is 28.1 Å². The van der Waals surface area contributed by atoms with Crippen molar-refractivity contribution >= 4 is 21.7 Å². The smallest absolute Gasteiger partial charge is 0.167 e. The molecule has 0 saturated carbocycles. The highest BCUT2D eigenvalue weighted by Gasteiger charge is 2.10. The summed E-state index contributed by atoms with van der Waals surface area (Å²) in [6.07, 6.45) is 0. The van der Waals surface area contributed by atoms with Crippen molar-refractivity contribution in [3.05, 3.63) is 51.1 Å². The van der Waals surface area contributed by atoms with Crippen molar-refractivity contribution in [1.82, 2.24) is 10.2 Å². The largest absolute Gasteiger partial charge is 0.363 e. The van der Waals surface area contributed by atoms with Crippen LogP contribution in [-0.4, -0.2) is 10.2 Å². The zero-order valence-corrected chi connectivity index (χ0v) is 12.3. The van der Waals surface area contributed by atoms with E-state index in [1.807, 2.05) is 38.1 Å². The highest BCUT2D eigenvalue weighted by Crippen LogP contribution is 2.18. The van der Waals surface area contributed by atoms with E-state index >= 15 is 0 Å². The van der Waals surface area contributed by atoms with Gasteiger partial charge in [-0.05, 0) is 37.1 Å². The summed E-state index contributed by atoms with van der Waals surface area (Å²) in [6.45, 7) is 4.34. The fourth-order valence-corrected chi connectivity index (χ4v) is 1.92. The molecular weight excluding hydrogens is 304 g/mol. The molecule has 0 saturated heterocycles. The highest BCUT2D eigenvalue weighted by atomic mass is 79.9. The van der Waals surface area contributed by atoms with Gasteiger partial charge in [0.15, 0.2) is 5.82 Å². The van der Waals surface area contributed by atoms with Crippen LogP contribution >= 0.6 is 15.9 Å². The summed E-state index contributed by atoms with van der Waals surface area (Å²) in [5, 5.41) is 20.4. The maximum absolute atomic E-state index is 9.19. The summed E-state index contributed by atoms with van der Waals surface area (Å²) in [5.41, 5.74) is 3.33. The van der Waals surface area contributed by atoms with Crippen molar-refractivity contribution in [2.45, 2.75) is 20.4 Å². The van der Waals surface area contributed by atoms with E-state index < -0.39 is 0 Å². The van der Waals surface area contributed by atoms with Gasteiger partial charge in [0, 0.05) is 11.0 Å². The number of halogens is 1. The second kappa shape index (κ2) is 5.81. The lowest BCUT2D eigenvalue weighted by molar-refractivity contribution is 0.940. The Kier molecular flexibility index (Phi) is 4.13. The van der Waals surface area contributed by atoms with Crippen LogP contribution in [0.3, 0.4) is 0 Å². The van der Waals surface area contributed by atoms with Gasteiger partial charge < -0.3 is 5.32 Å². The first-order valence-corrected chi connectivity index (χ1v) is 6.63. The average Bonchev–Trinajstić information content (AvgIpc) is 2.42. The Labute approximate surface area is 120 Å². The lowest BCUT2D eigenvalue weighted by Crippen LogP contribution is -2.07. The molecule has 0 atom stereocenters. The van der Waals surface area contributed by atoms with E-state index in [1.54, 1.807) is 0 Å². The van der Waals surface area contributed by atoms with Gasteiger partial charge in [0.1, 0.15) is 11.6 Å². The van der Waals surface area contributed by atoms with Crippen LogP contribution in [0.15, 0.2) is 28.7 Å². The quantitative estimate of drug-likeness (QED) is 0.943. The van der Waals surface area contributed by atoms with E-state index in [9.17, 15) is 5.26 Å². The molecule has 1 aromatic heterocycles. The first-order valence-electron chi connectivity index (χ1n) is 5.84. The fourth-order valence-electron chi connectivity index (χ4n) is 1.66. The van der Waals surface area contributed by atoms with Crippen molar-refractivity contribution in [1.29, 1.82) is 5.26 Å². The van der Waals surface area contributed by atoms with E-state index in [-0.39, 0.29) is 0 Å². The molecule has 0 spiro atoms. The van der Waals surface area contributed by atoms with Crippen LogP contribution in [0.2, 0.25) is 0 Å². The molecular formula is C14H13BrN4. The lowest BCUT2D eigenvalue weighted by atomic mass is 10.1. The number of hydrogen-bond acceptors (Lipinski definition) is 4. The minimum atomic E-state index is 0.536. The second-order valence-corrected chi connectivity index (χ2v) is 5.14. The molecule has 1 aromatic carbocycles. The molecule has 1 heterocycles. The maximum atomic E-state index is 9.19. The number of hydrogen-bond donors (Lipinski definition) is 1. The summed E-state index contributed by atoms with van der Waals surface area (Å²) in [4.78, 5) is 0. The summed E-state index contributed by atoms with van der Waals surface area (Å²) in [5.74, 6) is 0.536. The molecule has 0 radical (unpaired) electrons. The number of aromatic nitrogens is 2. The van der Waals surface area contributed by atoms with E-state index in [0.29, 0.717) is 17.9 Å². The molecule has 5 heteroatoms. The summed E-state index contributed by atoms with van der Waals surface area (Å²) in [6, 6.07) is 10.2. The van der Waals surface area contributed by atoms with Crippen molar-refractivity contribution in [2.75, 3.05) is 5.32 Å². The molecule has 0 unspecified atom stereocenters. The number of aryl methyl sites for hydroxylation is 1. The third kappa shape index (κ3) is 3.09. The van der Waals surface area contributed by atoms with E-state index in [4.69, 9.17) is 0 Å². The van der Waals surface area contributed by atoms with Gasteiger partial charge in [0.25, 0.3) is 0 Å². The second-order valence-electron chi connectivity index (χ2n) is 4.23. The molecule has 0 aliphatic carbocycles. The van der Waals surface area contributed by atoms with Crippen LogP contribution < -0.4 is 5.32 Å². The van der Waals surface area contributed by atoms with Gasteiger partial charge in [0.2, 0.25) is 0 Å². The van der Waals surface area contributed by atoms with Crippen LogP contribution in [0, 0.1) is 25.2 Å². The van der Waals surface area contributed by atoms with Crippen molar-refractivity contribution in [3.8, 4) is 6.07 Å². The zero-order chi connectivity index (χ0) is 13.8. The van der Waals surface area contributed by atoms with E-state index in [1.165, 1.54) is 0 Å². The Morgan fingerprint density at radius 2 is 1.89 bits per heavy atom. The Hall–Kier alpha value is -1.93. The molecule has 0 amide bonds. The number of anilines is 1. The predicted molar refractivity (Wildman–Crippen MR) is 77.7 cm³/mol. The minimum Gasteiger partial charge on any atom is -0.363 e. The summed E-state index contributed by atoms with van der Waals surface area (Å²) in [7, 11) is 0. The third-order valence-corrected chi connectivity index (χ3v) is 3.47. The number of nitrogens with one attached hydrogen (secondary N) is 1. The summed E-state index contributed by atoms with van der Waals surface area (Å²) < 4.78 is 1.04. The molecule has 4 nitrogen and oxygen atoms in total. The third-order valence-electron chi connectivity index (χ3n) is 2.94. The monoisotopic (exact) mass is 316 g/mol. The van der Waals surface area contributed by atoms with E-state index in [0.717, 1.165) is 21.3 Å². The minimum absolute atomic E-state index is 0.536. The number of rotatable bonds is 3. The van der Waals surface area contributed by atoms with Crippen molar-refractivity contribution in [3.63, 3.8) is 0 Å². The maximum Gasteiger partial charge on any atom is 0.167 e. The molecule has 2 aromatic rings. The molecule has 0 aliphatic rings. The zero-order valence-electron chi connectivity index (χ0n) is 10.7. The van der Waals surface area contributed by atoms with Gasteiger partial charge in [-0.15, -0.1) is 5.10 Å². The Bertz CT molecular complexity index is 629. The first-order chi connectivity index (χ1) is 9.11. The van der Waals surface area contributed by atoms with Crippen molar-refractivity contribution in [2.24, 2.45) is 0 Å². The number of benzene rings is 1. The van der Waals surface area contributed by atoms with Crippen LogP contribution in [0.25, 0.3) is 0 Å². The molecule has 96 valence electrons. The normalized spacial score (nSPS) is 10.0. The SMILES string of the molecule is Cc1nnc(NCc2ccc(Br)cc2)c(C#N)c1C. The topological polar surface area (TPSA) is 61.6 Å². The number of nitriles is 1. The first kappa shape index (κ1) is 13.5. The molecule has 0 fully saturated rings. The van der Waals surface area contributed by atoms with E-state index in [2.05, 4.69) is 37.5 Å². The van der Waals surface area contributed by atoms with Crippen LogP contribution in [0.4, 0.5) is 5.82 Å². The van der Waals surface area contributed by atoms with Crippen LogP contribution in [0.1, 0.15) is 22.4 Å². The number of nitrogens with zero attached hydrogens (tertiary/aromatic N) is 3. The molecule has 1 N–H and O–H groups in total.